The summed E-state index contributed by atoms with van der Waals surface area (Å²) in [4.78, 5) is 9.29. The number of furan rings is 1. The summed E-state index contributed by atoms with van der Waals surface area (Å²) in [6.45, 7) is 7.98. The third kappa shape index (κ3) is 4.24. The van der Waals surface area contributed by atoms with Crippen molar-refractivity contribution in [3.05, 3.63) is 59.0 Å². The second kappa shape index (κ2) is 8.72. The maximum absolute atomic E-state index is 9.76. The number of aryl methyl sites for hydroxylation is 2. The number of nitriles is 1. The van der Waals surface area contributed by atoms with E-state index in [-0.39, 0.29) is 0 Å². The number of hydrogen-bond acceptors (Lipinski definition) is 5. The van der Waals surface area contributed by atoms with Gasteiger partial charge in [0.05, 0.1) is 23.9 Å². The van der Waals surface area contributed by atoms with Gasteiger partial charge in [-0.3, -0.25) is 0 Å². The van der Waals surface area contributed by atoms with Gasteiger partial charge in [-0.05, 0) is 67.9 Å². The van der Waals surface area contributed by atoms with Gasteiger partial charge in [-0.2, -0.15) is 5.26 Å². The van der Waals surface area contributed by atoms with Crippen molar-refractivity contribution >= 4 is 34.1 Å². The fraction of sp³-hybridized carbons (Fsp3) is 0.348. The average Bonchev–Trinajstić information content (AvgIpc) is 3.13. The molecule has 1 aliphatic rings. The number of nitrogens with one attached hydrogen (secondary N) is 1. The number of hydrogen-bond donors (Lipinski definition) is 1. The Morgan fingerprint density at radius 1 is 1.23 bits per heavy atom. The van der Waals surface area contributed by atoms with Crippen LogP contribution in [0.4, 0.5) is 5.82 Å². The van der Waals surface area contributed by atoms with Crippen molar-refractivity contribution in [2.24, 2.45) is 0 Å². The van der Waals surface area contributed by atoms with Crippen molar-refractivity contribution < 1.29 is 4.42 Å². The van der Waals surface area contributed by atoms with Gasteiger partial charge in [-0.25, -0.2) is 4.98 Å². The number of fused-ring (bicyclic) bond motifs is 1. The fourth-order valence-electron chi connectivity index (χ4n) is 3.96. The van der Waals surface area contributed by atoms with Crippen LogP contribution < -0.4 is 10.2 Å². The van der Waals surface area contributed by atoms with Gasteiger partial charge in [0.1, 0.15) is 17.6 Å². The van der Waals surface area contributed by atoms with E-state index >= 15 is 0 Å². The maximum Gasteiger partial charge on any atom is 0.169 e. The first kappa shape index (κ1) is 20.2. The van der Waals surface area contributed by atoms with Gasteiger partial charge in [0.25, 0.3) is 0 Å². The second-order valence-corrected chi connectivity index (χ2v) is 8.07. The number of rotatable bonds is 3. The van der Waals surface area contributed by atoms with Gasteiger partial charge in [-0.1, -0.05) is 6.07 Å². The topological polar surface area (TPSA) is 68.3 Å². The predicted molar refractivity (Wildman–Crippen MR) is 122 cm³/mol. The smallest absolute Gasteiger partial charge is 0.169 e. The van der Waals surface area contributed by atoms with Crippen LogP contribution >= 0.6 is 12.2 Å². The highest BCUT2D eigenvalue weighted by atomic mass is 32.1. The summed E-state index contributed by atoms with van der Waals surface area (Å²) in [7, 11) is 0. The van der Waals surface area contributed by atoms with Gasteiger partial charge in [0.2, 0.25) is 0 Å². The number of anilines is 1. The van der Waals surface area contributed by atoms with E-state index in [0.29, 0.717) is 12.1 Å². The highest BCUT2D eigenvalue weighted by Gasteiger charge is 2.21. The molecule has 6 nitrogen and oxygen atoms in total. The fourth-order valence-corrected chi connectivity index (χ4v) is 4.22. The van der Waals surface area contributed by atoms with Gasteiger partial charge in [0, 0.05) is 31.6 Å². The second-order valence-electron chi connectivity index (χ2n) is 7.69. The monoisotopic (exact) mass is 419 g/mol. The standard InChI is InChI=1S/C23H25N5OS/c1-16-11-17(2)20-13-18(14-24)22(26-21(20)12-16)27-6-4-7-28(9-8-27)23(30)25-15-19-5-3-10-29-19/h3,5,10-13H,4,6-9,15H2,1-2H3,(H,25,30). The van der Waals surface area contributed by atoms with Crippen LogP contribution in [0.15, 0.2) is 41.0 Å². The Morgan fingerprint density at radius 2 is 2.10 bits per heavy atom. The molecule has 0 amide bonds. The normalized spacial score (nSPS) is 14.4. The minimum absolute atomic E-state index is 0.579. The van der Waals surface area contributed by atoms with Crippen molar-refractivity contribution in [3.8, 4) is 6.07 Å². The van der Waals surface area contributed by atoms with Crippen molar-refractivity contribution in [1.82, 2.24) is 15.2 Å². The molecule has 4 rings (SSSR count). The third-order valence-electron chi connectivity index (χ3n) is 5.46. The molecule has 0 saturated carbocycles. The minimum atomic E-state index is 0.579. The van der Waals surface area contributed by atoms with Gasteiger partial charge < -0.3 is 19.5 Å². The summed E-state index contributed by atoms with van der Waals surface area (Å²) < 4.78 is 5.36. The largest absolute Gasteiger partial charge is 0.467 e. The molecule has 30 heavy (non-hydrogen) atoms. The number of thiocarbonyl (C=S) groups is 1. The summed E-state index contributed by atoms with van der Waals surface area (Å²) in [5.41, 5.74) is 3.90. The van der Waals surface area contributed by atoms with E-state index in [4.69, 9.17) is 21.6 Å². The van der Waals surface area contributed by atoms with Crippen LogP contribution in [-0.2, 0) is 6.54 Å². The first-order chi connectivity index (χ1) is 14.5. The lowest BCUT2D eigenvalue weighted by Crippen LogP contribution is -2.41. The highest BCUT2D eigenvalue weighted by molar-refractivity contribution is 7.80. The lowest BCUT2D eigenvalue weighted by Gasteiger charge is -2.25. The molecule has 1 aromatic carbocycles. The Hall–Kier alpha value is -3.11. The van der Waals surface area contributed by atoms with Crippen LogP contribution in [0.3, 0.4) is 0 Å². The predicted octanol–water partition coefficient (Wildman–Crippen LogP) is 3.90. The molecule has 154 valence electrons. The Morgan fingerprint density at radius 3 is 2.87 bits per heavy atom. The van der Waals surface area contributed by atoms with E-state index in [9.17, 15) is 5.26 Å². The van der Waals surface area contributed by atoms with Crippen molar-refractivity contribution in [2.75, 3.05) is 31.1 Å². The molecule has 1 aliphatic heterocycles. The molecule has 3 aromatic rings. The molecule has 0 bridgehead atoms. The summed E-state index contributed by atoms with van der Waals surface area (Å²) in [5.74, 6) is 1.63. The lowest BCUT2D eigenvalue weighted by atomic mass is 10.0. The van der Waals surface area contributed by atoms with Crippen molar-refractivity contribution in [3.63, 3.8) is 0 Å². The maximum atomic E-state index is 9.76. The van der Waals surface area contributed by atoms with E-state index in [1.54, 1.807) is 6.26 Å². The molecular formula is C23H25N5OS. The molecule has 1 fully saturated rings. The zero-order valence-corrected chi connectivity index (χ0v) is 18.1. The summed E-state index contributed by atoms with van der Waals surface area (Å²) in [5, 5.41) is 14.8. The van der Waals surface area contributed by atoms with Crippen LogP contribution in [0.1, 0.15) is 28.9 Å². The van der Waals surface area contributed by atoms with E-state index in [0.717, 1.165) is 65.8 Å². The zero-order chi connectivity index (χ0) is 21.1. The van der Waals surface area contributed by atoms with E-state index in [1.807, 2.05) is 18.2 Å². The molecule has 1 N–H and O–H groups in total. The Bertz CT molecular complexity index is 1100. The van der Waals surface area contributed by atoms with Crippen LogP contribution in [0.2, 0.25) is 0 Å². The summed E-state index contributed by atoms with van der Waals surface area (Å²) in [6, 6.07) is 12.3. The van der Waals surface area contributed by atoms with Crippen LogP contribution in [0.5, 0.6) is 0 Å². The lowest BCUT2D eigenvalue weighted by molar-refractivity contribution is 0.432. The van der Waals surface area contributed by atoms with Crippen molar-refractivity contribution in [1.29, 1.82) is 5.26 Å². The molecule has 0 spiro atoms. The molecule has 1 saturated heterocycles. The molecule has 0 aliphatic carbocycles. The highest BCUT2D eigenvalue weighted by Crippen LogP contribution is 2.27. The van der Waals surface area contributed by atoms with E-state index in [2.05, 4.69) is 47.2 Å². The number of benzene rings is 1. The minimum Gasteiger partial charge on any atom is -0.467 e. The Labute approximate surface area is 182 Å². The number of nitrogens with zero attached hydrogens (tertiary/aromatic N) is 4. The van der Waals surface area contributed by atoms with Crippen LogP contribution in [-0.4, -0.2) is 41.2 Å². The Balaban J connectivity index is 1.50. The first-order valence-corrected chi connectivity index (χ1v) is 10.6. The molecular weight excluding hydrogens is 394 g/mol. The summed E-state index contributed by atoms with van der Waals surface area (Å²) in [6.07, 6.45) is 2.61. The molecule has 7 heteroatoms. The quantitative estimate of drug-likeness (QED) is 0.646. The van der Waals surface area contributed by atoms with E-state index < -0.39 is 0 Å². The number of pyridine rings is 1. The van der Waals surface area contributed by atoms with Crippen LogP contribution in [0.25, 0.3) is 10.9 Å². The molecule has 0 radical (unpaired) electrons. The summed E-state index contributed by atoms with van der Waals surface area (Å²) >= 11 is 5.59. The number of aromatic nitrogens is 1. The van der Waals surface area contributed by atoms with Gasteiger partial charge >= 0.3 is 0 Å². The SMILES string of the molecule is Cc1cc(C)c2cc(C#N)c(N3CCCN(C(=S)NCc4ccco4)CC3)nc2c1. The molecule has 0 unspecified atom stereocenters. The Kier molecular flexibility index (Phi) is 5.86. The van der Waals surface area contributed by atoms with Crippen molar-refractivity contribution in [2.45, 2.75) is 26.8 Å². The average molecular weight is 420 g/mol. The zero-order valence-electron chi connectivity index (χ0n) is 17.3. The third-order valence-corrected chi connectivity index (χ3v) is 5.86. The van der Waals surface area contributed by atoms with E-state index in [1.165, 1.54) is 5.56 Å². The first-order valence-electron chi connectivity index (χ1n) is 10.2. The molecule has 0 atom stereocenters. The van der Waals surface area contributed by atoms with Crippen LogP contribution in [0, 0.1) is 25.2 Å². The molecule has 3 heterocycles. The molecule has 2 aromatic heterocycles. The van der Waals surface area contributed by atoms with Gasteiger partial charge in [-0.15, -0.1) is 0 Å². The van der Waals surface area contributed by atoms with Gasteiger partial charge in [0.15, 0.2) is 5.11 Å².